The second kappa shape index (κ2) is 11.0. The van der Waals surface area contributed by atoms with Gasteiger partial charge in [-0.2, -0.15) is 0 Å². The maximum Gasteiger partial charge on any atom is 0.411 e. The maximum absolute atomic E-state index is 15.1. The van der Waals surface area contributed by atoms with Gasteiger partial charge in [-0.3, -0.25) is 25.0 Å². The molecule has 1 N–H and O–H groups in total. The van der Waals surface area contributed by atoms with Crippen molar-refractivity contribution in [2.75, 3.05) is 33.1 Å². The fraction of sp³-hybridized carbons (Fsp3) is 0.278. The number of rotatable bonds is 5. The number of nitrogens with one attached hydrogen (secondary N) is 1. The number of fused-ring (bicyclic) bond motifs is 5. The maximum atomic E-state index is 15.1. The van der Waals surface area contributed by atoms with E-state index < -0.39 is 17.6 Å². The zero-order valence-electron chi connectivity index (χ0n) is 24.9. The number of nitrogens with zero attached hydrogens (tertiary/aromatic N) is 3. The average Bonchev–Trinajstić information content (AvgIpc) is 3.36. The van der Waals surface area contributed by atoms with Crippen LogP contribution >= 0.6 is 0 Å². The summed E-state index contributed by atoms with van der Waals surface area (Å²) in [6.07, 6.45) is 0.198. The van der Waals surface area contributed by atoms with Gasteiger partial charge in [-0.05, 0) is 78.7 Å². The molecule has 0 saturated carbocycles. The number of carbonyl (C=O) groups is 2. The first-order chi connectivity index (χ1) is 21.4. The van der Waals surface area contributed by atoms with Crippen LogP contribution in [0.1, 0.15) is 33.0 Å². The topological polar surface area (TPSA) is 92.6 Å². The molecule has 1 saturated heterocycles. The molecule has 1 amide bonds. The van der Waals surface area contributed by atoms with E-state index in [9.17, 15) is 4.79 Å². The molecule has 2 aliphatic heterocycles. The van der Waals surface area contributed by atoms with Gasteiger partial charge in [0.1, 0.15) is 5.75 Å². The SMILES string of the molecule is COC(=O)Nc1ccc(C(=O)C2C(c3ccc(OC)cc3)CN(C)C23c2ccccc2CC2N=c4ccccc4=NC23)cc1. The molecule has 5 atom stereocenters. The number of para-hydroxylation sites is 2. The van der Waals surface area contributed by atoms with Gasteiger partial charge in [-0.25, -0.2) is 4.79 Å². The van der Waals surface area contributed by atoms with Crippen molar-refractivity contribution in [1.82, 2.24) is 4.90 Å². The predicted molar refractivity (Wildman–Crippen MR) is 167 cm³/mol. The number of Topliss-reactive ketones (excluding diaryl/α,β-unsaturated/α-hetero) is 1. The van der Waals surface area contributed by atoms with E-state index in [1.54, 1.807) is 31.4 Å². The number of anilines is 1. The monoisotopic (exact) mass is 586 g/mol. The van der Waals surface area contributed by atoms with Crippen molar-refractivity contribution in [1.29, 1.82) is 0 Å². The number of hydrogen-bond acceptors (Lipinski definition) is 7. The van der Waals surface area contributed by atoms with E-state index in [4.69, 9.17) is 19.5 Å². The Morgan fingerprint density at radius 1 is 0.864 bits per heavy atom. The molecule has 3 aliphatic rings. The fourth-order valence-electron chi connectivity index (χ4n) is 7.67. The number of likely N-dealkylation sites (N-methyl/N-ethyl adjacent to an activating group) is 1. The Kier molecular flexibility index (Phi) is 7.01. The van der Waals surface area contributed by atoms with Crippen LogP contribution in [0.2, 0.25) is 0 Å². The molecule has 222 valence electrons. The van der Waals surface area contributed by atoms with Gasteiger partial charge in [0.15, 0.2) is 5.78 Å². The van der Waals surface area contributed by atoms with Crippen LogP contribution in [0.5, 0.6) is 5.75 Å². The highest BCUT2D eigenvalue weighted by Crippen LogP contribution is 2.57. The molecule has 8 nitrogen and oxygen atoms in total. The van der Waals surface area contributed by atoms with Crippen molar-refractivity contribution in [2.45, 2.75) is 30.0 Å². The standard InChI is InChI=1S/C36H34N4O4/c1-40-21-27(22-14-18-26(43-2)19-15-22)32(33(41)23-12-16-25(17-13-23)37-35(42)44-3)36(40)28-9-5-4-8-24(28)20-31-34(36)39-30-11-7-6-10-29(30)38-31/h4-19,27,31-32,34H,20-21H2,1-3H3,(H,37,42). The number of amides is 1. The third-order valence-corrected chi connectivity index (χ3v) is 9.56. The minimum Gasteiger partial charge on any atom is -0.497 e. The van der Waals surface area contributed by atoms with E-state index in [2.05, 4.69) is 53.7 Å². The number of likely N-dealkylation sites (tertiary alicyclic amines) is 1. The van der Waals surface area contributed by atoms with Gasteiger partial charge in [-0.1, -0.05) is 48.5 Å². The Hall–Kier alpha value is -4.82. The molecule has 4 aromatic rings. The summed E-state index contributed by atoms with van der Waals surface area (Å²) in [5.74, 6) is 0.209. The Labute approximate surface area is 256 Å². The first kappa shape index (κ1) is 28.0. The van der Waals surface area contributed by atoms with Crippen molar-refractivity contribution >= 4 is 17.6 Å². The third kappa shape index (κ3) is 4.40. The highest BCUT2D eigenvalue weighted by Gasteiger charge is 2.64. The van der Waals surface area contributed by atoms with Crippen LogP contribution in [0, 0.1) is 5.92 Å². The minimum atomic E-state index is -0.749. The van der Waals surface area contributed by atoms with Crippen LogP contribution in [0.25, 0.3) is 0 Å². The molecular formula is C36H34N4O4. The van der Waals surface area contributed by atoms with Gasteiger partial charge in [-0.15, -0.1) is 0 Å². The number of methoxy groups -OCH3 is 2. The lowest BCUT2D eigenvalue weighted by Crippen LogP contribution is -2.62. The van der Waals surface area contributed by atoms with E-state index in [-0.39, 0.29) is 23.8 Å². The van der Waals surface area contributed by atoms with Crippen molar-refractivity contribution in [3.8, 4) is 5.75 Å². The molecule has 2 heterocycles. The summed E-state index contributed by atoms with van der Waals surface area (Å²) in [5, 5.41) is 4.43. The number of ether oxygens (including phenoxy) is 2. The first-order valence-corrected chi connectivity index (χ1v) is 14.9. The third-order valence-electron chi connectivity index (χ3n) is 9.56. The van der Waals surface area contributed by atoms with Gasteiger partial charge < -0.3 is 9.47 Å². The Bertz CT molecular complexity index is 1860. The molecule has 4 aromatic carbocycles. The summed E-state index contributed by atoms with van der Waals surface area (Å²) in [7, 11) is 5.10. The van der Waals surface area contributed by atoms with E-state index in [0.717, 1.165) is 34.0 Å². The molecule has 5 unspecified atom stereocenters. The number of carbonyl (C=O) groups excluding carboxylic acids is 2. The lowest BCUT2D eigenvalue weighted by molar-refractivity contribution is 0.0525. The second-order valence-electron chi connectivity index (χ2n) is 11.7. The molecule has 1 aliphatic carbocycles. The van der Waals surface area contributed by atoms with E-state index >= 15 is 4.79 Å². The van der Waals surface area contributed by atoms with Crippen LogP contribution in [-0.2, 0) is 16.7 Å². The fourth-order valence-corrected chi connectivity index (χ4v) is 7.67. The Balaban J connectivity index is 1.43. The van der Waals surface area contributed by atoms with Crippen LogP contribution < -0.4 is 20.8 Å². The zero-order valence-corrected chi connectivity index (χ0v) is 24.9. The van der Waals surface area contributed by atoms with Crippen LogP contribution in [-0.4, -0.2) is 56.7 Å². The summed E-state index contributed by atoms with van der Waals surface area (Å²) in [6.45, 7) is 0.666. The quantitative estimate of drug-likeness (QED) is 0.347. The molecule has 0 bridgehead atoms. The van der Waals surface area contributed by atoms with Gasteiger partial charge in [0.05, 0.1) is 48.5 Å². The molecule has 0 aromatic heterocycles. The smallest absolute Gasteiger partial charge is 0.411 e. The van der Waals surface area contributed by atoms with Crippen LogP contribution in [0.15, 0.2) is 107 Å². The summed E-state index contributed by atoms with van der Waals surface area (Å²) >= 11 is 0. The van der Waals surface area contributed by atoms with Gasteiger partial charge in [0.2, 0.25) is 0 Å². The highest BCUT2D eigenvalue weighted by atomic mass is 16.5. The summed E-state index contributed by atoms with van der Waals surface area (Å²) < 4.78 is 10.2. The average molecular weight is 587 g/mol. The number of hydrogen-bond donors (Lipinski definition) is 1. The normalized spacial score (nSPS) is 25.1. The van der Waals surface area contributed by atoms with Gasteiger partial charge in [0, 0.05) is 23.7 Å². The van der Waals surface area contributed by atoms with E-state index in [1.165, 1.54) is 12.7 Å². The van der Waals surface area contributed by atoms with Crippen molar-refractivity contribution in [3.63, 3.8) is 0 Å². The molecule has 1 fully saturated rings. The summed E-state index contributed by atoms with van der Waals surface area (Å²) in [6, 6.07) is 31.3. The highest BCUT2D eigenvalue weighted by molar-refractivity contribution is 6.00. The predicted octanol–water partition coefficient (Wildman–Crippen LogP) is 4.54. The molecule has 7 rings (SSSR count). The van der Waals surface area contributed by atoms with Crippen molar-refractivity contribution in [3.05, 3.63) is 130 Å². The largest absolute Gasteiger partial charge is 0.497 e. The van der Waals surface area contributed by atoms with Crippen LogP contribution in [0.4, 0.5) is 10.5 Å². The van der Waals surface area contributed by atoms with E-state index in [0.29, 0.717) is 17.8 Å². The van der Waals surface area contributed by atoms with Gasteiger partial charge in [0.25, 0.3) is 0 Å². The lowest BCUT2D eigenvalue weighted by atomic mass is 9.61. The molecule has 44 heavy (non-hydrogen) atoms. The minimum absolute atomic E-state index is 0.0318. The van der Waals surface area contributed by atoms with E-state index in [1.807, 2.05) is 36.4 Å². The Morgan fingerprint density at radius 3 is 2.25 bits per heavy atom. The second-order valence-corrected chi connectivity index (χ2v) is 11.7. The van der Waals surface area contributed by atoms with Crippen molar-refractivity contribution in [2.24, 2.45) is 15.9 Å². The Morgan fingerprint density at radius 2 is 1.55 bits per heavy atom. The summed E-state index contributed by atoms with van der Waals surface area (Å²) in [5.41, 5.74) is 3.79. The first-order valence-electron chi connectivity index (χ1n) is 14.9. The van der Waals surface area contributed by atoms with Crippen LogP contribution in [0.3, 0.4) is 0 Å². The number of benzene rings is 4. The van der Waals surface area contributed by atoms with Crippen molar-refractivity contribution < 1.29 is 19.1 Å². The molecule has 8 heteroatoms. The molecular weight excluding hydrogens is 552 g/mol. The zero-order chi connectivity index (χ0) is 30.4. The number of ketones is 1. The van der Waals surface area contributed by atoms with Gasteiger partial charge >= 0.3 is 6.09 Å². The molecule has 0 radical (unpaired) electrons. The molecule has 1 spiro atoms. The summed E-state index contributed by atoms with van der Waals surface area (Å²) in [4.78, 5) is 39.9. The lowest BCUT2D eigenvalue weighted by Gasteiger charge is -2.51.